The molecule has 0 spiro atoms. The Kier molecular flexibility index (Phi) is 3.79. The van der Waals surface area contributed by atoms with Crippen LogP contribution in [-0.2, 0) is 0 Å². The lowest BCUT2D eigenvalue weighted by atomic mass is 10.1. The Labute approximate surface area is 99.4 Å². The third kappa shape index (κ3) is 3.21. The van der Waals surface area contributed by atoms with Crippen LogP contribution in [-0.4, -0.2) is 25.2 Å². The van der Waals surface area contributed by atoms with Crippen LogP contribution >= 0.6 is 11.3 Å². The van der Waals surface area contributed by atoms with Gasteiger partial charge in [0, 0.05) is 10.9 Å². The van der Waals surface area contributed by atoms with E-state index in [0.29, 0.717) is 6.04 Å². The van der Waals surface area contributed by atoms with Gasteiger partial charge in [0.05, 0.1) is 5.00 Å². The second-order valence-electron chi connectivity index (χ2n) is 4.03. The number of hydrogen-bond donors (Lipinski definition) is 3. The van der Waals surface area contributed by atoms with Gasteiger partial charge in [0.1, 0.15) is 0 Å². The molecule has 16 heavy (non-hydrogen) atoms. The van der Waals surface area contributed by atoms with Crippen LogP contribution in [0.25, 0.3) is 0 Å². The highest BCUT2D eigenvalue weighted by Gasteiger charge is 2.15. The largest absolute Gasteiger partial charge is 0.335 e. The molecule has 4 nitrogen and oxygen atoms in total. The standard InChI is InChI=1S/C11H17N3OS/c1-8-2-3-10(16-8)14-11(15)13-9-4-6-12-7-5-9/h2-3,9,12H,4-7H2,1H3,(H2,13,14,15). The number of amides is 2. The molecule has 5 heteroatoms. The van der Waals surface area contributed by atoms with Crippen LogP contribution in [0.15, 0.2) is 12.1 Å². The minimum Gasteiger partial charge on any atom is -0.335 e. The van der Waals surface area contributed by atoms with Gasteiger partial charge in [-0.25, -0.2) is 4.79 Å². The molecule has 1 aromatic heterocycles. The first-order chi connectivity index (χ1) is 7.74. The molecule has 0 saturated carbocycles. The van der Waals surface area contributed by atoms with Gasteiger partial charge < -0.3 is 10.6 Å². The summed E-state index contributed by atoms with van der Waals surface area (Å²) in [6.45, 7) is 4.01. The lowest BCUT2D eigenvalue weighted by molar-refractivity contribution is 0.245. The second kappa shape index (κ2) is 5.32. The van der Waals surface area contributed by atoms with Crippen molar-refractivity contribution in [2.24, 2.45) is 0 Å². The van der Waals surface area contributed by atoms with Crippen molar-refractivity contribution in [3.05, 3.63) is 17.0 Å². The van der Waals surface area contributed by atoms with Gasteiger partial charge in [-0.1, -0.05) is 0 Å². The number of urea groups is 1. The number of hydrogen-bond acceptors (Lipinski definition) is 3. The van der Waals surface area contributed by atoms with E-state index in [9.17, 15) is 4.79 Å². The molecule has 0 aliphatic carbocycles. The molecule has 2 heterocycles. The van der Waals surface area contributed by atoms with Crippen LogP contribution in [0, 0.1) is 6.92 Å². The maximum absolute atomic E-state index is 11.7. The summed E-state index contributed by atoms with van der Waals surface area (Å²) in [5.74, 6) is 0. The van der Waals surface area contributed by atoms with E-state index in [-0.39, 0.29) is 6.03 Å². The van der Waals surface area contributed by atoms with Gasteiger partial charge in [-0.15, -0.1) is 11.3 Å². The lowest BCUT2D eigenvalue weighted by Gasteiger charge is -2.23. The normalized spacial score (nSPS) is 17.1. The number of carbonyl (C=O) groups excluding carboxylic acids is 1. The molecule has 1 saturated heterocycles. The fourth-order valence-corrected chi connectivity index (χ4v) is 2.56. The van der Waals surface area contributed by atoms with E-state index < -0.39 is 0 Å². The van der Waals surface area contributed by atoms with Crippen molar-refractivity contribution >= 4 is 22.4 Å². The molecular formula is C11H17N3OS. The fraction of sp³-hybridized carbons (Fsp3) is 0.545. The van der Waals surface area contributed by atoms with Gasteiger partial charge in [-0.3, -0.25) is 5.32 Å². The first kappa shape index (κ1) is 11.4. The number of thiophene rings is 1. The second-order valence-corrected chi connectivity index (χ2v) is 5.32. The van der Waals surface area contributed by atoms with Crippen molar-refractivity contribution in [1.82, 2.24) is 10.6 Å². The summed E-state index contributed by atoms with van der Waals surface area (Å²) in [6.07, 6.45) is 2.02. The quantitative estimate of drug-likeness (QED) is 0.738. The van der Waals surface area contributed by atoms with E-state index in [1.807, 2.05) is 19.1 Å². The molecule has 88 valence electrons. The highest BCUT2D eigenvalue weighted by Crippen LogP contribution is 2.20. The molecule has 1 aliphatic heterocycles. The predicted octanol–water partition coefficient (Wildman–Crippen LogP) is 1.93. The summed E-state index contributed by atoms with van der Waals surface area (Å²) in [6, 6.07) is 4.16. The number of piperidine rings is 1. The zero-order valence-electron chi connectivity index (χ0n) is 9.38. The fourth-order valence-electron chi connectivity index (χ4n) is 1.80. The van der Waals surface area contributed by atoms with E-state index in [1.54, 1.807) is 11.3 Å². The summed E-state index contributed by atoms with van der Waals surface area (Å²) in [5, 5.41) is 10.0. The monoisotopic (exact) mass is 239 g/mol. The molecule has 1 aliphatic rings. The van der Waals surface area contributed by atoms with Crippen LogP contribution in [0.4, 0.5) is 9.80 Å². The van der Waals surface area contributed by atoms with Crippen LogP contribution in [0.2, 0.25) is 0 Å². The maximum Gasteiger partial charge on any atom is 0.320 e. The molecule has 0 atom stereocenters. The topological polar surface area (TPSA) is 53.2 Å². The van der Waals surface area contributed by atoms with Crippen LogP contribution in [0.1, 0.15) is 17.7 Å². The third-order valence-corrected chi connectivity index (χ3v) is 3.57. The van der Waals surface area contributed by atoms with E-state index in [1.165, 1.54) is 4.88 Å². The number of nitrogens with one attached hydrogen (secondary N) is 3. The summed E-state index contributed by atoms with van der Waals surface area (Å²) < 4.78 is 0. The van der Waals surface area contributed by atoms with Gasteiger partial charge in [-0.05, 0) is 45.0 Å². The molecule has 0 bridgehead atoms. The Balaban J connectivity index is 1.79. The molecule has 0 unspecified atom stereocenters. The van der Waals surface area contributed by atoms with Gasteiger partial charge in [0.15, 0.2) is 0 Å². The molecule has 0 radical (unpaired) electrons. The van der Waals surface area contributed by atoms with Crippen LogP contribution in [0.3, 0.4) is 0 Å². The number of rotatable bonds is 2. The van der Waals surface area contributed by atoms with Crippen molar-refractivity contribution in [3.63, 3.8) is 0 Å². The van der Waals surface area contributed by atoms with Crippen molar-refractivity contribution in [1.29, 1.82) is 0 Å². The number of carbonyl (C=O) groups is 1. The van der Waals surface area contributed by atoms with Gasteiger partial charge >= 0.3 is 6.03 Å². The summed E-state index contributed by atoms with van der Waals surface area (Å²) >= 11 is 1.59. The molecule has 0 aromatic carbocycles. The Bertz CT molecular complexity index is 358. The van der Waals surface area contributed by atoms with E-state index >= 15 is 0 Å². The van der Waals surface area contributed by atoms with Crippen molar-refractivity contribution in [2.75, 3.05) is 18.4 Å². The number of aryl methyl sites for hydroxylation is 1. The Morgan fingerprint density at radius 2 is 2.19 bits per heavy atom. The van der Waals surface area contributed by atoms with Gasteiger partial charge in [0.2, 0.25) is 0 Å². The van der Waals surface area contributed by atoms with E-state index in [2.05, 4.69) is 16.0 Å². The van der Waals surface area contributed by atoms with Gasteiger partial charge in [-0.2, -0.15) is 0 Å². The van der Waals surface area contributed by atoms with Crippen LogP contribution in [0.5, 0.6) is 0 Å². The first-order valence-corrected chi connectivity index (χ1v) is 6.40. The Morgan fingerprint density at radius 1 is 1.44 bits per heavy atom. The van der Waals surface area contributed by atoms with E-state index in [0.717, 1.165) is 30.9 Å². The minimum absolute atomic E-state index is 0.0891. The zero-order valence-corrected chi connectivity index (χ0v) is 10.2. The summed E-state index contributed by atoms with van der Waals surface area (Å²) in [4.78, 5) is 12.9. The van der Waals surface area contributed by atoms with Crippen LogP contribution < -0.4 is 16.0 Å². The summed E-state index contributed by atoms with van der Waals surface area (Å²) in [5.41, 5.74) is 0. The highest BCUT2D eigenvalue weighted by molar-refractivity contribution is 7.16. The average molecular weight is 239 g/mol. The Hall–Kier alpha value is -1.07. The number of anilines is 1. The first-order valence-electron chi connectivity index (χ1n) is 5.59. The van der Waals surface area contributed by atoms with Crippen molar-refractivity contribution < 1.29 is 4.79 Å². The third-order valence-electron chi connectivity index (χ3n) is 2.65. The summed E-state index contributed by atoms with van der Waals surface area (Å²) in [7, 11) is 0. The molecule has 2 rings (SSSR count). The zero-order chi connectivity index (χ0) is 11.4. The molecule has 2 amide bonds. The molecular weight excluding hydrogens is 222 g/mol. The smallest absolute Gasteiger partial charge is 0.320 e. The van der Waals surface area contributed by atoms with Gasteiger partial charge in [0.25, 0.3) is 0 Å². The Morgan fingerprint density at radius 3 is 2.81 bits per heavy atom. The van der Waals surface area contributed by atoms with E-state index in [4.69, 9.17) is 0 Å². The molecule has 1 aromatic rings. The molecule has 3 N–H and O–H groups in total. The van der Waals surface area contributed by atoms with Crippen molar-refractivity contribution in [2.45, 2.75) is 25.8 Å². The minimum atomic E-state index is -0.0891. The predicted molar refractivity (Wildman–Crippen MR) is 67.1 cm³/mol. The average Bonchev–Trinajstić information content (AvgIpc) is 2.65. The highest BCUT2D eigenvalue weighted by atomic mass is 32.1. The SMILES string of the molecule is Cc1ccc(NC(=O)NC2CCNCC2)s1. The lowest BCUT2D eigenvalue weighted by Crippen LogP contribution is -2.44. The van der Waals surface area contributed by atoms with Crippen molar-refractivity contribution in [3.8, 4) is 0 Å². The molecule has 1 fully saturated rings. The maximum atomic E-state index is 11.7.